The molecule has 2 nitrogen and oxygen atoms in total. The highest BCUT2D eigenvalue weighted by Gasteiger charge is 2.03. The van der Waals surface area contributed by atoms with Gasteiger partial charge in [0.15, 0.2) is 0 Å². The molecule has 0 unspecified atom stereocenters. The van der Waals surface area contributed by atoms with Crippen molar-refractivity contribution in [2.45, 2.75) is 64.7 Å². The summed E-state index contributed by atoms with van der Waals surface area (Å²) in [5.74, 6) is -0.0353. The highest BCUT2D eigenvalue weighted by molar-refractivity contribution is 5.69. The lowest BCUT2D eigenvalue weighted by molar-refractivity contribution is -0.143. The zero-order chi connectivity index (χ0) is 13.1. The average Bonchev–Trinajstić information content (AvgIpc) is 2.40. The zero-order valence-electron chi connectivity index (χ0n) is 11.6. The van der Waals surface area contributed by atoms with E-state index < -0.39 is 0 Å². The van der Waals surface area contributed by atoms with Crippen molar-refractivity contribution < 1.29 is 9.53 Å². The summed E-state index contributed by atoms with van der Waals surface area (Å²) < 4.78 is 5.24. The summed E-state index contributed by atoms with van der Waals surface area (Å²) in [6.45, 7) is 2.73. The molecular formula is C16H26O2. The second-order valence-corrected chi connectivity index (χ2v) is 4.89. The molecule has 18 heavy (non-hydrogen) atoms. The van der Waals surface area contributed by atoms with Crippen molar-refractivity contribution in [3.63, 3.8) is 0 Å². The molecule has 0 bridgehead atoms. The molecule has 0 amide bonds. The van der Waals surface area contributed by atoms with Crippen LogP contribution in [0, 0.1) is 0 Å². The van der Waals surface area contributed by atoms with E-state index in [9.17, 15) is 4.79 Å². The standard InChI is InChI=1S/C16H26O2/c1-2-3-4-5-9-12-16(17)18-14-13-15-10-7-6-8-11-15/h7,10-11H,2-6,8-9,12-14H2,1H3. The van der Waals surface area contributed by atoms with Gasteiger partial charge in [-0.15, -0.1) is 0 Å². The molecule has 0 atom stereocenters. The first-order valence-corrected chi connectivity index (χ1v) is 7.34. The third kappa shape index (κ3) is 7.31. The normalized spacial score (nSPS) is 14.4. The number of allylic oxidation sites excluding steroid dienone is 3. The summed E-state index contributed by atoms with van der Waals surface area (Å²) >= 11 is 0. The topological polar surface area (TPSA) is 26.3 Å². The van der Waals surface area contributed by atoms with Gasteiger partial charge in [0.05, 0.1) is 6.61 Å². The molecule has 1 aliphatic rings. The number of ether oxygens (including phenoxy) is 1. The Bertz CT molecular complexity index is 289. The Morgan fingerprint density at radius 2 is 2.06 bits per heavy atom. The van der Waals surface area contributed by atoms with Crippen LogP contribution in [0.15, 0.2) is 23.8 Å². The number of esters is 1. The zero-order valence-corrected chi connectivity index (χ0v) is 11.6. The molecule has 0 aromatic rings. The van der Waals surface area contributed by atoms with E-state index in [0.29, 0.717) is 13.0 Å². The van der Waals surface area contributed by atoms with Crippen LogP contribution >= 0.6 is 0 Å². The SMILES string of the molecule is CCCCCCCC(=O)OCCC1=CCCC=C1. The molecule has 0 aliphatic heterocycles. The van der Waals surface area contributed by atoms with Crippen LogP contribution in [0.2, 0.25) is 0 Å². The minimum absolute atomic E-state index is 0.0353. The van der Waals surface area contributed by atoms with Crippen molar-refractivity contribution in [3.8, 4) is 0 Å². The van der Waals surface area contributed by atoms with Crippen molar-refractivity contribution in [1.82, 2.24) is 0 Å². The van der Waals surface area contributed by atoms with Gasteiger partial charge in [-0.3, -0.25) is 4.79 Å². The Morgan fingerprint density at radius 3 is 2.78 bits per heavy atom. The molecule has 0 saturated heterocycles. The van der Waals surface area contributed by atoms with Crippen LogP contribution < -0.4 is 0 Å². The maximum atomic E-state index is 11.5. The molecule has 0 spiro atoms. The highest BCUT2D eigenvalue weighted by Crippen LogP contribution is 2.13. The van der Waals surface area contributed by atoms with Crippen molar-refractivity contribution in [1.29, 1.82) is 0 Å². The number of unbranched alkanes of at least 4 members (excludes halogenated alkanes) is 4. The molecule has 2 heteroatoms. The van der Waals surface area contributed by atoms with Gasteiger partial charge in [0, 0.05) is 12.8 Å². The predicted octanol–water partition coefficient (Wildman–Crippen LogP) is 4.56. The molecular weight excluding hydrogens is 224 g/mol. The number of carbonyl (C=O) groups is 1. The van der Waals surface area contributed by atoms with Crippen LogP contribution in [0.1, 0.15) is 64.7 Å². The fraction of sp³-hybridized carbons (Fsp3) is 0.688. The van der Waals surface area contributed by atoms with Gasteiger partial charge in [-0.05, 0) is 24.8 Å². The third-order valence-electron chi connectivity index (χ3n) is 3.21. The number of hydrogen-bond acceptors (Lipinski definition) is 2. The Balaban J connectivity index is 1.96. The van der Waals surface area contributed by atoms with Crippen LogP contribution in [0.25, 0.3) is 0 Å². The highest BCUT2D eigenvalue weighted by atomic mass is 16.5. The van der Waals surface area contributed by atoms with E-state index >= 15 is 0 Å². The van der Waals surface area contributed by atoms with Crippen molar-refractivity contribution in [2.24, 2.45) is 0 Å². The maximum Gasteiger partial charge on any atom is 0.305 e. The second kappa shape index (κ2) is 9.93. The molecule has 0 saturated carbocycles. The Labute approximate surface area is 111 Å². The quantitative estimate of drug-likeness (QED) is 0.443. The van der Waals surface area contributed by atoms with E-state index in [2.05, 4.69) is 25.2 Å². The molecule has 1 aliphatic carbocycles. The van der Waals surface area contributed by atoms with Crippen LogP contribution in [0.4, 0.5) is 0 Å². The molecule has 1 rings (SSSR count). The summed E-state index contributed by atoms with van der Waals surface area (Å²) in [7, 11) is 0. The second-order valence-electron chi connectivity index (χ2n) is 4.89. The van der Waals surface area contributed by atoms with Gasteiger partial charge < -0.3 is 4.74 Å². The Hall–Kier alpha value is -1.05. The van der Waals surface area contributed by atoms with Crippen LogP contribution in [0.3, 0.4) is 0 Å². The summed E-state index contributed by atoms with van der Waals surface area (Å²) in [6.07, 6.45) is 16.1. The lowest BCUT2D eigenvalue weighted by atomic mass is 10.1. The number of carbonyl (C=O) groups excluding carboxylic acids is 1. The lowest BCUT2D eigenvalue weighted by Gasteiger charge is -2.08. The van der Waals surface area contributed by atoms with Crippen LogP contribution in [-0.2, 0) is 9.53 Å². The molecule has 0 aromatic heterocycles. The predicted molar refractivity (Wildman–Crippen MR) is 75.4 cm³/mol. The summed E-state index contributed by atoms with van der Waals surface area (Å²) in [6, 6.07) is 0. The van der Waals surface area contributed by atoms with Crippen molar-refractivity contribution in [3.05, 3.63) is 23.8 Å². The molecule has 0 heterocycles. The fourth-order valence-corrected chi connectivity index (χ4v) is 2.08. The average molecular weight is 250 g/mol. The van der Waals surface area contributed by atoms with Gasteiger partial charge in [0.1, 0.15) is 0 Å². The van der Waals surface area contributed by atoms with Gasteiger partial charge in [0.25, 0.3) is 0 Å². The molecule has 0 radical (unpaired) electrons. The molecule has 0 fully saturated rings. The van der Waals surface area contributed by atoms with Gasteiger partial charge >= 0.3 is 5.97 Å². The lowest BCUT2D eigenvalue weighted by Crippen LogP contribution is -2.06. The first-order chi connectivity index (χ1) is 8.83. The van der Waals surface area contributed by atoms with E-state index in [-0.39, 0.29) is 5.97 Å². The molecule has 0 N–H and O–H groups in total. The van der Waals surface area contributed by atoms with Gasteiger partial charge in [-0.25, -0.2) is 0 Å². The third-order valence-corrected chi connectivity index (χ3v) is 3.21. The van der Waals surface area contributed by atoms with Crippen LogP contribution in [0.5, 0.6) is 0 Å². The van der Waals surface area contributed by atoms with Crippen molar-refractivity contribution in [2.75, 3.05) is 6.61 Å². The van der Waals surface area contributed by atoms with Crippen molar-refractivity contribution >= 4 is 5.97 Å². The van der Waals surface area contributed by atoms with E-state index in [1.807, 2.05) is 0 Å². The number of rotatable bonds is 9. The largest absolute Gasteiger partial charge is 0.465 e. The van der Waals surface area contributed by atoms with Gasteiger partial charge in [0.2, 0.25) is 0 Å². The summed E-state index contributed by atoms with van der Waals surface area (Å²) in [4.78, 5) is 11.5. The Kier molecular flexibility index (Phi) is 8.28. The first-order valence-electron chi connectivity index (χ1n) is 7.34. The monoisotopic (exact) mass is 250 g/mol. The molecule has 102 valence electrons. The minimum atomic E-state index is -0.0353. The van der Waals surface area contributed by atoms with E-state index in [0.717, 1.165) is 32.1 Å². The molecule has 0 aromatic carbocycles. The summed E-state index contributed by atoms with van der Waals surface area (Å²) in [5, 5.41) is 0. The maximum absolute atomic E-state index is 11.5. The van der Waals surface area contributed by atoms with Gasteiger partial charge in [-0.1, -0.05) is 50.8 Å². The van der Waals surface area contributed by atoms with E-state index in [4.69, 9.17) is 4.74 Å². The smallest absolute Gasteiger partial charge is 0.305 e. The van der Waals surface area contributed by atoms with Crippen LogP contribution in [-0.4, -0.2) is 12.6 Å². The van der Waals surface area contributed by atoms with Gasteiger partial charge in [-0.2, -0.15) is 0 Å². The summed E-state index contributed by atoms with van der Waals surface area (Å²) in [5.41, 5.74) is 1.30. The minimum Gasteiger partial charge on any atom is -0.465 e. The van der Waals surface area contributed by atoms with E-state index in [1.54, 1.807) is 0 Å². The first kappa shape index (κ1) is 15.0. The number of hydrogen-bond donors (Lipinski definition) is 0. The Morgan fingerprint density at radius 1 is 1.22 bits per heavy atom. The fourth-order valence-electron chi connectivity index (χ4n) is 2.08. The van der Waals surface area contributed by atoms with E-state index in [1.165, 1.54) is 24.8 Å².